The van der Waals surface area contributed by atoms with Gasteiger partial charge in [0.15, 0.2) is 17.3 Å². The monoisotopic (exact) mass is 1000 g/mol. The predicted octanol–water partition coefficient (Wildman–Crippen LogP) is -0.703. The van der Waals surface area contributed by atoms with Gasteiger partial charge in [0.25, 0.3) is 16.1 Å². The number of carboxylic acid groups (broad SMARTS) is 1. The summed E-state index contributed by atoms with van der Waals surface area (Å²) in [4.78, 5) is 79.7. The van der Waals surface area contributed by atoms with E-state index in [2.05, 4.69) is 32.8 Å². The number of nitrogens with one attached hydrogen (secondary N) is 4. The van der Waals surface area contributed by atoms with Crippen LogP contribution >= 0.6 is 0 Å². The van der Waals surface area contributed by atoms with Gasteiger partial charge in [-0.25, -0.2) is 19.9 Å². The Bertz CT molecular complexity index is 2760. The van der Waals surface area contributed by atoms with Crippen molar-refractivity contribution < 1.29 is 61.9 Å². The van der Waals surface area contributed by atoms with Crippen molar-refractivity contribution in [3.05, 3.63) is 88.7 Å². The van der Waals surface area contributed by atoms with Crippen LogP contribution in [0, 0.1) is 6.92 Å². The summed E-state index contributed by atoms with van der Waals surface area (Å²) in [5.74, 6) is -4.93. The number of rotatable bonds is 19. The smallest absolute Gasteiger partial charge is 0.326 e. The lowest BCUT2D eigenvalue weighted by molar-refractivity contribution is -0.143. The molecule has 0 unspecified atom stereocenters. The second-order valence-electron chi connectivity index (χ2n) is 17.8. The van der Waals surface area contributed by atoms with Crippen LogP contribution in [0.1, 0.15) is 65.5 Å². The average Bonchev–Trinajstić information content (AvgIpc) is 4.10. The zero-order valence-corrected chi connectivity index (χ0v) is 40.6. The van der Waals surface area contributed by atoms with Gasteiger partial charge in [0, 0.05) is 56.0 Å². The van der Waals surface area contributed by atoms with E-state index in [0.717, 1.165) is 17.7 Å². The number of fused-ring (bicyclic) bond motifs is 5. The van der Waals surface area contributed by atoms with Crippen molar-refractivity contribution in [1.29, 1.82) is 0 Å². The lowest BCUT2D eigenvalue weighted by Crippen LogP contribution is -2.57. The third-order valence-electron chi connectivity index (χ3n) is 12.3. The minimum absolute atomic E-state index is 0.00625. The van der Waals surface area contributed by atoms with Crippen molar-refractivity contribution in [3.63, 3.8) is 0 Å². The molecule has 1 aliphatic carbocycles. The number of carboxylic acids is 1. The van der Waals surface area contributed by atoms with Crippen LogP contribution < -0.4 is 51.5 Å². The van der Waals surface area contributed by atoms with Crippen LogP contribution in [0.25, 0.3) is 22.5 Å². The molecule has 3 aromatic carbocycles. The van der Waals surface area contributed by atoms with Crippen molar-refractivity contribution in [2.45, 2.75) is 81.8 Å². The third kappa shape index (κ3) is 13.1. The first-order valence-electron chi connectivity index (χ1n) is 22.6. The second kappa shape index (κ2) is 22.5. The summed E-state index contributed by atoms with van der Waals surface area (Å²) in [6, 6.07) is 8.66. The van der Waals surface area contributed by atoms with Gasteiger partial charge in [-0.15, -0.1) is 0 Å². The molecule has 1 aromatic heterocycles. The maximum Gasteiger partial charge on any atom is 0.326 e. The molecule has 4 bridgehead atoms. The lowest BCUT2D eigenvalue weighted by Gasteiger charge is -2.33. The molecule has 0 saturated heterocycles. The molecule has 1 aliphatic heterocycles. The Balaban J connectivity index is 1.46. The highest BCUT2D eigenvalue weighted by molar-refractivity contribution is 7.87. The fourth-order valence-corrected chi connectivity index (χ4v) is 8.22. The summed E-state index contributed by atoms with van der Waals surface area (Å²) in [5.41, 5.74) is 14.2. The number of aromatic nitrogens is 2. The number of hydrogen-bond acceptors (Lipinski definition) is 16. The fraction of sp³-hybridized carbons (Fsp3) is 0.426. The van der Waals surface area contributed by atoms with Gasteiger partial charge >= 0.3 is 5.97 Å². The Morgan fingerprint density at radius 1 is 0.944 bits per heavy atom. The Labute approximate surface area is 410 Å². The van der Waals surface area contributed by atoms with Gasteiger partial charge in [-0.2, -0.15) is 13.1 Å². The Hall–Kier alpha value is -6.80. The minimum atomic E-state index is -4.50. The molecule has 4 amide bonds. The highest BCUT2D eigenvalue weighted by Gasteiger charge is 2.40. The molecule has 6 atom stereocenters. The summed E-state index contributed by atoms with van der Waals surface area (Å²) in [6.45, 7) is 3.14. The van der Waals surface area contributed by atoms with Gasteiger partial charge in [0.2, 0.25) is 17.7 Å². The number of carbonyl (C=O) groups is 5. The summed E-state index contributed by atoms with van der Waals surface area (Å²) < 4.78 is 44.5. The largest absolute Gasteiger partial charge is 0.492 e. The molecule has 382 valence electrons. The van der Waals surface area contributed by atoms with E-state index in [0.29, 0.717) is 17.0 Å². The normalized spacial score (nSPS) is 18.9. The van der Waals surface area contributed by atoms with Crippen molar-refractivity contribution >= 4 is 39.8 Å². The molecule has 24 heteroatoms. The molecule has 23 nitrogen and oxygen atoms in total. The first-order valence-corrected chi connectivity index (χ1v) is 24.1. The van der Waals surface area contributed by atoms with Crippen LogP contribution in [0.4, 0.5) is 0 Å². The van der Waals surface area contributed by atoms with Crippen molar-refractivity contribution in [1.82, 2.24) is 35.5 Å². The molecule has 0 spiro atoms. The summed E-state index contributed by atoms with van der Waals surface area (Å²) >= 11 is 0. The van der Waals surface area contributed by atoms with Crippen molar-refractivity contribution in [2.24, 2.45) is 16.6 Å². The van der Waals surface area contributed by atoms with E-state index < -0.39 is 89.3 Å². The number of nitrogens with two attached hydrogens (primary N) is 3. The zero-order chi connectivity index (χ0) is 51.9. The average molecular weight is 1010 g/mol. The number of amides is 4. The number of ether oxygens (including phenoxy) is 3. The van der Waals surface area contributed by atoms with E-state index in [1.54, 1.807) is 19.1 Å². The Kier molecular flexibility index (Phi) is 17.0. The molecule has 2 heterocycles. The molecule has 71 heavy (non-hydrogen) atoms. The molecule has 6 rings (SSSR count). The van der Waals surface area contributed by atoms with E-state index in [-0.39, 0.29) is 76.7 Å². The van der Waals surface area contributed by atoms with E-state index in [4.69, 9.17) is 30.8 Å². The third-order valence-corrected chi connectivity index (χ3v) is 12.9. The van der Waals surface area contributed by atoms with E-state index in [9.17, 15) is 47.7 Å². The highest BCUT2D eigenvalue weighted by Crippen LogP contribution is 2.48. The predicted molar refractivity (Wildman–Crippen MR) is 257 cm³/mol. The number of methoxy groups -OCH3 is 1. The molecule has 1 fully saturated rings. The number of aryl methyl sites for hydroxylation is 1. The molecule has 4 aromatic rings. The lowest BCUT2D eigenvalue weighted by atomic mass is 9.93. The molecule has 2 aliphatic rings. The number of aliphatic carboxylic acids is 1. The number of likely N-dealkylation sites (N-methyl/N-ethyl adjacent to an activating group) is 1. The maximum absolute atomic E-state index is 14.9. The number of aliphatic hydroxyl groups is 2. The second-order valence-corrected chi connectivity index (χ2v) is 19.1. The standard InChI is InChI=1S/C47H60N10O13S/c1-24-34(20-51-41(53-24)27-7-9-29(10-8-27)47(3)12-13-47)43(61)56-36(21-52-71(50,66)67)45(63)57(4)39-28-16-33(40(68-5)38(17-28)70-23-31(59)19-49)32-14-26(6-11-37(32)69-22-30(58)18-48)15-35(46(64)65)55-42(60)25(2)54-44(39)62/h6-11,14,16-17,20,25,30-31,35-36,39,52,58-59H,12-13,15,18-19,21-23,48-49H2,1-5H3,(H,54,62)(H,55,60)(H,56,61)(H,64,65)(H2,50,66,67)/t25-,30+,31+,35-,36-,39-/m0/s1. The Morgan fingerprint density at radius 2 is 1.59 bits per heavy atom. The number of aliphatic hydroxyl groups excluding tert-OH is 2. The molecular formula is C47H60N10O13S. The molecule has 0 radical (unpaired) electrons. The van der Waals surface area contributed by atoms with Gasteiger partial charge in [-0.1, -0.05) is 37.3 Å². The first kappa shape index (κ1) is 53.5. The van der Waals surface area contributed by atoms with Crippen LogP contribution in [-0.4, -0.2) is 146 Å². The number of hydrogen-bond donors (Lipinski definition) is 10. The fourth-order valence-electron chi connectivity index (χ4n) is 7.82. The Morgan fingerprint density at radius 3 is 2.17 bits per heavy atom. The van der Waals surface area contributed by atoms with Gasteiger partial charge in [0.1, 0.15) is 55.3 Å². The zero-order valence-electron chi connectivity index (χ0n) is 39.8. The van der Waals surface area contributed by atoms with E-state index in [1.165, 1.54) is 51.0 Å². The summed E-state index contributed by atoms with van der Waals surface area (Å²) in [5, 5.41) is 43.8. The molecule has 1 saturated carbocycles. The van der Waals surface area contributed by atoms with Crippen molar-refractivity contribution in [3.8, 4) is 39.8 Å². The maximum atomic E-state index is 14.9. The van der Waals surface area contributed by atoms with Crippen LogP contribution in [0.2, 0.25) is 0 Å². The summed E-state index contributed by atoms with van der Waals surface area (Å²) in [7, 11) is -2.01. The van der Waals surface area contributed by atoms with Gasteiger partial charge < -0.3 is 61.8 Å². The highest BCUT2D eigenvalue weighted by atomic mass is 32.2. The van der Waals surface area contributed by atoms with Gasteiger partial charge in [0.05, 0.1) is 18.4 Å². The topological polar surface area (TPSA) is 363 Å². The molecule has 13 N–H and O–H groups in total. The van der Waals surface area contributed by atoms with E-state index in [1.807, 2.05) is 29.0 Å². The molecular weight excluding hydrogens is 945 g/mol. The van der Waals surface area contributed by atoms with Gasteiger partial charge in [-0.05, 0) is 73.1 Å². The SMILES string of the molecule is COc1c(OC[C@H](O)CN)cc2cc1-c1cc(ccc1OC[C@H](O)CN)C[C@@H](C(=O)O)NC(=O)[C@H](C)NC(=O)[C@H]2N(C)C(=O)[C@H](CNS(N)(=O)=O)NC(=O)c1cnc(-c2ccc(C3(C)CC3)cc2)nc1C. The number of benzene rings is 3. The van der Waals surface area contributed by atoms with Crippen LogP contribution in [0.3, 0.4) is 0 Å². The number of nitrogens with zero attached hydrogens (tertiary/aromatic N) is 3. The summed E-state index contributed by atoms with van der Waals surface area (Å²) in [6.07, 6.45) is 0.890. The minimum Gasteiger partial charge on any atom is -0.492 e. The van der Waals surface area contributed by atoms with Gasteiger partial charge in [-0.3, -0.25) is 19.2 Å². The van der Waals surface area contributed by atoms with Crippen LogP contribution in [0.15, 0.2) is 60.8 Å². The van der Waals surface area contributed by atoms with Crippen LogP contribution in [-0.2, 0) is 41.2 Å². The van der Waals surface area contributed by atoms with Crippen LogP contribution in [0.5, 0.6) is 17.2 Å². The quantitative estimate of drug-likeness (QED) is 0.0555. The number of carbonyl (C=O) groups excluding carboxylic acids is 4. The first-order chi connectivity index (χ1) is 33.6. The van der Waals surface area contributed by atoms with Crippen molar-refractivity contribution in [2.75, 3.05) is 47.0 Å². The van der Waals surface area contributed by atoms with E-state index >= 15 is 0 Å².